The molecule has 2 aromatic rings. The van der Waals surface area contributed by atoms with E-state index in [0.717, 1.165) is 23.1 Å². The molecule has 0 aliphatic heterocycles. The Morgan fingerprint density at radius 1 is 1.16 bits per heavy atom. The first-order valence-corrected chi connectivity index (χ1v) is 7.49. The van der Waals surface area contributed by atoms with Gasteiger partial charge in [0.25, 0.3) is 0 Å². The fraction of sp³-hybridized carbons (Fsp3) is 0.333. The summed E-state index contributed by atoms with van der Waals surface area (Å²) in [6.45, 7) is 4.41. The Morgan fingerprint density at radius 3 is 2.32 bits per heavy atom. The van der Waals surface area contributed by atoms with Gasteiger partial charge in [0.2, 0.25) is 0 Å². The Labute approximate surface area is 122 Å². The lowest BCUT2D eigenvalue weighted by Gasteiger charge is -2.09. The molecule has 0 radical (unpaired) electrons. The zero-order valence-electron chi connectivity index (χ0n) is 11.1. The Balaban J connectivity index is 2.06. The molecular formula is C15H17BrN2O. The predicted molar refractivity (Wildman–Crippen MR) is 79.9 cm³/mol. The van der Waals surface area contributed by atoms with Gasteiger partial charge in [-0.2, -0.15) is 0 Å². The van der Waals surface area contributed by atoms with Crippen molar-refractivity contribution in [1.82, 2.24) is 9.97 Å². The van der Waals surface area contributed by atoms with Crippen molar-refractivity contribution >= 4 is 15.9 Å². The maximum atomic E-state index is 5.61. The molecule has 0 saturated heterocycles. The number of rotatable bonds is 5. The third kappa shape index (κ3) is 3.77. The molecule has 1 unspecified atom stereocenters. The monoisotopic (exact) mass is 320 g/mol. The van der Waals surface area contributed by atoms with Gasteiger partial charge in [0.1, 0.15) is 5.75 Å². The summed E-state index contributed by atoms with van der Waals surface area (Å²) in [7, 11) is 0. The highest BCUT2D eigenvalue weighted by Gasteiger charge is 2.04. The van der Waals surface area contributed by atoms with Crippen molar-refractivity contribution in [2.45, 2.75) is 31.5 Å². The van der Waals surface area contributed by atoms with Gasteiger partial charge in [0.15, 0.2) is 0 Å². The molecule has 2 rings (SSSR count). The normalized spacial score (nSPS) is 12.2. The van der Waals surface area contributed by atoms with E-state index in [1.165, 1.54) is 5.56 Å². The van der Waals surface area contributed by atoms with Crippen LogP contribution < -0.4 is 4.74 Å². The van der Waals surface area contributed by atoms with Crippen LogP contribution in [0.2, 0.25) is 0 Å². The fourth-order valence-corrected chi connectivity index (χ4v) is 1.96. The molecule has 0 fully saturated rings. The van der Waals surface area contributed by atoms with Crippen LogP contribution in [0, 0.1) is 0 Å². The van der Waals surface area contributed by atoms with Crippen LogP contribution in [0.3, 0.4) is 0 Å². The number of alkyl halides is 1. The molecule has 4 heteroatoms. The molecule has 0 bridgehead atoms. The molecule has 1 aromatic carbocycles. The number of hydrogen-bond donors (Lipinski definition) is 0. The van der Waals surface area contributed by atoms with Crippen LogP contribution in [0.4, 0.5) is 0 Å². The van der Waals surface area contributed by atoms with Gasteiger partial charge in [-0.25, -0.2) is 9.97 Å². The average molecular weight is 321 g/mol. The summed E-state index contributed by atoms with van der Waals surface area (Å²) in [6, 6.07) is 8.49. The van der Waals surface area contributed by atoms with E-state index in [9.17, 15) is 0 Å². The van der Waals surface area contributed by atoms with Crippen molar-refractivity contribution in [1.29, 1.82) is 0 Å². The van der Waals surface area contributed by atoms with E-state index in [1.807, 2.05) is 12.1 Å². The number of ether oxygens (including phenoxy) is 1. The zero-order chi connectivity index (χ0) is 13.7. The maximum absolute atomic E-state index is 5.61. The lowest BCUT2D eigenvalue weighted by molar-refractivity contribution is 0.441. The molecule has 1 aromatic heterocycles. The molecule has 19 heavy (non-hydrogen) atoms. The van der Waals surface area contributed by atoms with Crippen LogP contribution >= 0.6 is 15.9 Å². The summed E-state index contributed by atoms with van der Waals surface area (Å²) in [5.74, 6) is 1.34. The van der Waals surface area contributed by atoms with Gasteiger partial charge >= 0.3 is 6.01 Å². The van der Waals surface area contributed by atoms with Crippen molar-refractivity contribution in [2.75, 3.05) is 0 Å². The third-order valence-corrected chi connectivity index (χ3v) is 3.75. The Hall–Kier alpha value is -1.42. The average Bonchev–Trinajstić information content (AvgIpc) is 2.48. The molecular weight excluding hydrogens is 304 g/mol. The summed E-state index contributed by atoms with van der Waals surface area (Å²) in [5, 5.41) is 0.747. The van der Waals surface area contributed by atoms with E-state index < -0.39 is 0 Å². The molecule has 3 nitrogen and oxygen atoms in total. The summed E-state index contributed by atoms with van der Waals surface area (Å²) >= 11 is 3.36. The van der Waals surface area contributed by atoms with Crippen molar-refractivity contribution in [3.8, 4) is 11.8 Å². The topological polar surface area (TPSA) is 35.0 Å². The van der Waals surface area contributed by atoms with E-state index >= 15 is 0 Å². The number of hydrogen-bond acceptors (Lipinski definition) is 3. The SMILES string of the molecule is CCC(C)c1ccc(Oc2ncc(CBr)cn2)cc1. The minimum atomic E-state index is 0.376. The zero-order valence-corrected chi connectivity index (χ0v) is 12.7. The van der Waals surface area contributed by atoms with E-state index in [4.69, 9.17) is 4.74 Å². The molecule has 0 spiro atoms. The van der Waals surface area contributed by atoms with Crippen LogP contribution in [0.15, 0.2) is 36.7 Å². The van der Waals surface area contributed by atoms with E-state index in [-0.39, 0.29) is 0 Å². The van der Waals surface area contributed by atoms with Gasteiger partial charge in [-0.3, -0.25) is 0 Å². The molecule has 1 atom stereocenters. The Morgan fingerprint density at radius 2 is 1.79 bits per heavy atom. The summed E-state index contributed by atoms with van der Waals surface area (Å²) in [4.78, 5) is 8.31. The molecule has 0 aliphatic rings. The maximum Gasteiger partial charge on any atom is 0.321 e. The Kier molecular flexibility index (Phi) is 4.91. The summed E-state index contributed by atoms with van der Waals surface area (Å²) < 4.78 is 5.61. The van der Waals surface area contributed by atoms with Crippen LogP contribution in [0.5, 0.6) is 11.8 Å². The van der Waals surface area contributed by atoms with Gasteiger partial charge in [0.05, 0.1) is 0 Å². The van der Waals surface area contributed by atoms with Crippen molar-refractivity contribution in [3.63, 3.8) is 0 Å². The highest BCUT2D eigenvalue weighted by Crippen LogP contribution is 2.23. The van der Waals surface area contributed by atoms with Crippen LogP contribution in [-0.2, 0) is 5.33 Å². The molecule has 0 N–H and O–H groups in total. The lowest BCUT2D eigenvalue weighted by Crippen LogP contribution is -1.94. The van der Waals surface area contributed by atoms with Crippen LogP contribution in [0.1, 0.15) is 37.3 Å². The first-order valence-electron chi connectivity index (χ1n) is 6.37. The number of aromatic nitrogens is 2. The summed E-state index contributed by atoms with van der Waals surface area (Å²) in [5.41, 5.74) is 2.35. The molecule has 0 amide bonds. The lowest BCUT2D eigenvalue weighted by atomic mass is 9.99. The Bertz CT molecular complexity index is 511. The second kappa shape index (κ2) is 6.66. The molecule has 0 aliphatic carbocycles. The van der Waals surface area contributed by atoms with E-state index in [1.54, 1.807) is 12.4 Å². The number of nitrogens with zero attached hydrogens (tertiary/aromatic N) is 2. The largest absolute Gasteiger partial charge is 0.424 e. The van der Waals surface area contributed by atoms with Crippen LogP contribution in [-0.4, -0.2) is 9.97 Å². The van der Waals surface area contributed by atoms with Gasteiger partial charge < -0.3 is 4.74 Å². The predicted octanol–water partition coefficient (Wildman–Crippen LogP) is 4.68. The van der Waals surface area contributed by atoms with Gasteiger partial charge in [-0.15, -0.1) is 0 Å². The summed E-state index contributed by atoms with van der Waals surface area (Å²) in [6.07, 6.45) is 4.65. The minimum absolute atomic E-state index is 0.376. The number of benzene rings is 1. The second-order valence-electron chi connectivity index (χ2n) is 4.49. The van der Waals surface area contributed by atoms with Gasteiger partial charge in [0, 0.05) is 17.7 Å². The highest BCUT2D eigenvalue weighted by atomic mass is 79.9. The standard InChI is InChI=1S/C15H17BrN2O/c1-3-11(2)13-4-6-14(7-5-13)19-15-17-9-12(8-16)10-18-15/h4-7,9-11H,3,8H2,1-2H3. The third-order valence-electron chi connectivity index (χ3n) is 3.11. The second-order valence-corrected chi connectivity index (χ2v) is 5.05. The smallest absolute Gasteiger partial charge is 0.321 e. The van der Waals surface area contributed by atoms with Crippen molar-refractivity contribution in [3.05, 3.63) is 47.8 Å². The van der Waals surface area contributed by atoms with Crippen LogP contribution in [0.25, 0.3) is 0 Å². The first kappa shape index (κ1) is 14.0. The van der Waals surface area contributed by atoms with E-state index in [2.05, 4.69) is 51.9 Å². The van der Waals surface area contributed by atoms with E-state index in [0.29, 0.717) is 11.9 Å². The molecule has 1 heterocycles. The quantitative estimate of drug-likeness (QED) is 0.750. The fourth-order valence-electron chi connectivity index (χ4n) is 1.67. The molecule has 100 valence electrons. The number of halogens is 1. The molecule has 0 saturated carbocycles. The van der Waals surface area contributed by atoms with Crippen molar-refractivity contribution in [2.24, 2.45) is 0 Å². The first-order chi connectivity index (χ1) is 9.22. The van der Waals surface area contributed by atoms with Gasteiger partial charge in [-0.05, 0) is 35.6 Å². The van der Waals surface area contributed by atoms with Gasteiger partial charge in [-0.1, -0.05) is 41.9 Å². The minimum Gasteiger partial charge on any atom is -0.424 e. The highest BCUT2D eigenvalue weighted by molar-refractivity contribution is 9.08. The van der Waals surface area contributed by atoms with Crippen molar-refractivity contribution < 1.29 is 4.74 Å².